The number of nitrogens with one attached hydrogen (secondary N) is 1. The van der Waals surface area contributed by atoms with Gasteiger partial charge in [0.2, 0.25) is 5.91 Å². The molecule has 2 atom stereocenters. The van der Waals surface area contributed by atoms with E-state index in [0.717, 1.165) is 29.5 Å². The first-order valence-electron chi connectivity index (χ1n) is 8.38. The topological polar surface area (TPSA) is 32.3 Å². The molecule has 1 fully saturated rings. The van der Waals surface area contributed by atoms with Gasteiger partial charge in [-0.3, -0.25) is 4.79 Å². The van der Waals surface area contributed by atoms with Gasteiger partial charge >= 0.3 is 0 Å². The van der Waals surface area contributed by atoms with E-state index in [1.54, 1.807) is 0 Å². The summed E-state index contributed by atoms with van der Waals surface area (Å²) in [5.41, 5.74) is 2.12. The summed E-state index contributed by atoms with van der Waals surface area (Å²) in [5.74, 6) is 0.451. The summed E-state index contributed by atoms with van der Waals surface area (Å²) < 4.78 is 0.848. The van der Waals surface area contributed by atoms with Gasteiger partial charge in [0.1, 0.15) is 4.32 Å². The van der Waals surface area contributed by atoms with E-state index in [9.17, 15) is 4.79 Å². The van der Waals surface area contributed by atoms with Crippen molar-refractivity contribution in [3.8, 4) is 0 Å². The summed E-state index contributed by atoms with van der Waals surface area (Å²) in [4.78, 5) is 14.7. The highest BCUT2D eigenvalue weighted by molar-refractivity contribution is 8.23. The smallest absolute Gasteiger partial charge is 0.237 e. The number of rotatable bonds is 5. The van der Waals surface area contributed by atoms with Crippen molar-refractivity contribution in [2.45, 2.75) is 51.2 Å². The molecule has 1 aromatic rings. The second kappa shape index (κ2) is 8.69. The summed E-state index contributed by atoms with van der Waals surface area (Å²) in [7, 11) is 0. The summed E-state index contributed by atoms with van der Waals surface area (Å²) >= 11 is 6.96. The molecular formula is C18H26N2OS2. The molecule has 0 unspecified atom stereocenters. The van der Waals surface area contributed by atoms with Crippen LogP contribution in [0, 0.1) is 0 Å². The first-order chi connectivity index (χ1) is 11.0. The van der Waals surface area contributed by atoms with Gasteiger partial charge in [0.15, 0.2) is 0 Å². The molecular weight excluding hydrogens is 324 g/mol. The van der Waals surface area contributed by atoms with Crippen LogP contribution in [0.15, 0.2) is 24.3 Å². The lowest BCUT2D eigenvalue weighted by atomic mass is 9.97. The van der Waals surface area contributed by atoms with Crippen LogP contribution in [0.1, 0.15) is 51.5 Å². The molecule has 0 bridgehead atoms. The first kappa shape index (κ1) is 18.3. The van der Waals surface area contributed by atoms with Gasteiger partial charge in [-0.05, 0) is 43.7 Å². The Morgan fingerprint density at radius 2 is 1.96 bits per heavy atom. The largest absolute Gasteiger partial charge is 0.358 e. The van der Waals surface area contributed by atoms with Crippen molar-refractivity contribution < 1.29 is 4.79 Å². The molecule has 1 amide bonds. The molecule has 1 saturated heterocycles. The quantitative estimate of drug-likeness (QED) is 0.784. The lowest BCUT2D eigenvalue weighted by Gasteiger charge is -2.21. The minimum absolute atomic E-state index is 0.0206. The summed E-state index contributed by atoms with van der Waals surface area (Å²) in [6.45, 7) is 8.32. The van der Waals surface area contributed by atoms with Crippen LogP contribution in [-0.2, 0) is 4.79 Å². The van der Waals surface area contributed by atoms with Gasteiger partial charge in [-0.1, -0.05) is 56.0 Å². The molecule has 0 aromatic heterocycles. The molecule has 1 heterocycles. The van der Waals surface area contributed by atoms with Gasteiger partial charge in [-0.15, -0.1) is 0 Å². The van der Waals surface area contributed by atoms with E-state index in [-0.39, 0.29) is 11.2 Å². The van der Waals surface area contributed by atoms with Crippen LogP contribution in [0.3, 0.4) is 0 Å². The molecule has 2 rings (SSSR count). The van der Waals surface area contributed by atoms with Gasteiger partial charge in [0, 0.05) is 18.8 Å². The Labute approximate surface area is 149 Å². The monoisotopic (exact) mass is 350 g/mol. The fraction of sp³-hybridized carbons (Fsp3) is 0.556. The van der Waals surface area contributed by atoms with E-state index in [1.165, 1.54) is 30.2 Å². The van der Waals surface area contributed by atoms with Crippen molar-refractivity contribution in [3.05, 3.63) is 29.8 Å². The van der Waals surface area contributed by atoms with Crippen LogP contribution >= 0.6 is 24.0 Å². The van der Waals surface area contributed by atoms with Crippen LogP contribution in [0.5, 0.6) is 0 Å². The van der Waals surface area contributed by atoms with Gasteiger partial charge in [0.05, 0.1) is 5.25 Å². The molecule has 5 heteroatoms. The Morgan fingerprint density at radius 1 is 1.30 bits per heavy atom. The molecule has 3 nitrogen and oxygen atoms in total. The number of benzene rings is 1. The van der Waals surface area contributed by atoms with Crippen LogP contribution < -0.4 is 5.32 Å². The third-order valence-electron chi connectivity index (χ3n) is 4.37. The molecule has 0 saturated carbocycles. The second-order valence-electron chi connectivity index (χ2n) is 6.11. The van der Waals surface area contributed by atoms with Gasteiger partial charge in [0.25, 0.3) is 0 Å². The normalized spacial score (nSPS) is 16.9. The Morgan fingerprint density at radius 3 is 2.61 bits per heavy atom. The zero-order chi connectivity index (χ0) is 16.8. The molecule has 126 valence electrons. The van der Waals surface area contributed by atoms with E-state index >= 15 is 0 Å². The number of anilines is 1. The van der Waals surface area contributed by atoms with E-state index in [0.29, 0.717) is 5.92 Å². The van der Waals surface area contributed by atoms with Crippen molar-refractivity contribution >= 4 is 39.9 Å². The summed E-state index contributed by atoms with van der Waals surface area (Å²) in [5, 5.41) is 2.90. The van der Waals surface area contributed by atoms with E-state index in [2.05, 4.69) is 30.1 Å². The molecule has 1 N–H and O–H groups in total. The standard InChI is InChI=1S/C18H26N2OS2/c1-4-13(2)15-9-5-6-10-16(15)19-17(21)14(3)23-18(22)20-11-7-8-12-20/h5-6,9-10,13-14H,4,7-8,11-12H2,1-3H3,(H,19,21)/t13-,14+/m1/s1. The Bertz CT molecular complexity index is 556. The number of hydrogen-bond donors (Lipinski definition) is 1. The fourth-order valence-corrected chi connectivity index (χ4v) is 4.09. The van der Waals surface area contributed by atoms with E-state index < -0.39 is 0 Å². The van der Waals surface area contributed by atoms with Gasteiger partial charge in [-0.2, -0.15) is 0 Å². The van der Waals surface area contributed by atoms with Crippen molar-refractivity contribution in [1.29, 1.82) is 0 Å². The number of carbonyl (C=O) groups is 1. The number of amides is 1. The maximum absolute atomic E-state index is 12.5. The minimum atomic E-state index is -0.187. The third-order valence-corrected chi connectivity index (χ3v) is 5.95. The predicted octanol–water partition coefficient (Wildman–Crippen LogP) is 4.64. The van der Waals surface area contributed by atoms with E-state index in [4.69, 9.17) is 12.2 Å². The van der Waals surface area contributed by atoms with Crippen molar-refractivity contribution in [2.24, 2.45) is 0 Å². The predicted molar refractivity (Wildman–Crippen MR) is 104 cm³/mol. The Kier molecular flexibility index (Phi) is 6.90. The molecule has 0 radical (unpaired) electrons. The number of likely N-dealkylation sites (tertiary alicyclic amines) is 1. The van der Waals surface area contributed by atoms with Crippen LogP contribution in [-0.4, -0.2) is 33.5 Å². The molecule has 1 aliphatic rings. The highest BCUT2D eigenvalue weighted by Crippen LogP contribution is 2.27. The maximum atomic E-state index is 12.5. The van der Waals surface area contributed by atoms with Crippen LogP contribution in [0.25, 0.3) is 0 Å². The molecule has 1 aliphatic heterocycles. The van der Waals surface area contributed by atoms with Crippen LogP contribution in [0.2, 0.25) is 0 Å². The number of thioether (sulfide) groups is 1. The number of nitrogens with zero attached hydrogens (tertiary/aromatic N) is 1. The van der Waals surface area contributed by atoms with Crippen molar-refractivity contribution in [1.82, 2.24) is 4.90 Å². The first-order valence-corrected chi connectivity index (χ1v) is 9.67. The van der Waals surface area contributed by atoms with Gasteiger partial charge < -0.3 is 10.2 Å². The Hall–Kier alpha value is -1.07. The lowest BCUT2D eigenvalue weighted by molar-refractivity contribution is -0.115. The average Bonchev–Trinajstić information content (AvgIpc) is 3.09. The number of para-hydroxylation sites is 1. The van der Waals surface area contributed by atoms with E-state index in [1.807, 2.05) is 25.1 Å². The second-order valence-corrected chi connectivity index (χ2v) is 8.08. The van der Waals surface area contributed by atoms with Gasteiger partial charge in [-0.25, -0.2) is 0 Å². The SMILES string of the molecule is CC[C@@H](C)c1ccccc1NC(=O)[C@H](C)SC(=S)N1CCCC1. The number of carbonyl (C=O) groups excluding carboxylic acids is 1. The number of thiocarbonyl (C=S) groups is 1. The zero-order valence-electron chi connectivity index (χ0n) is 14.2. The fourth-order valence-electron chi connectivity index (χ4n) is 2.67. The third kappa shape index (κ3) is 4.95. The highest BCUT2D eigenvalue weighted by atomic mass is 32.2. The summed E-state index contributed by atoms with van der Waals surface area (Å²) in [6, 6.07) is 8.07. The Balaban J connectivity index is 1.97. The minimum Gasteiger partial charge on any atom is -0.358 e. The van der Waals surface area contributed by atoms with Crippen LogP contribution in [0.4, 0.5) is 5.69 Å². The number of hydrogen-bond acceptors (Lipinski definition) is 3. The summed E-state index contributed by atoms with van der Waals surface area (Å²) in [6.07, 6.45) is 3.45. The zero-order valence-corrected chi connectivity index (χ0v) is 15.8. The molecule has 0 aliphatic carbocycles. The molecule has 1 aromatic carbocycles. The maximum Gasteiger partial charge on any atom is 0.237 e. The average molecular weight is 351 g/mol. The van der Waals surface area contributed by atoms with Crippen molar-refractivity contribution in [3.63, 3.8) is 0 Å². The highest BCUT2D eigenvalue weighted by Gasteiger charge is 2.22. The molecule has 23 heavy (non-hydrogen) atoms. The lowest BCUT2D eigenvalue weighted by Crippen LogP contribution is -2.29. The molecule has 0 spiro atoms. The van der Waals surface area contributed by atoms with Crippen molar-refractivity contribution in [2.75, 3.05) is 18.4 Å².